The number of carbonyl (C=O) groups is 1. The van der Waals surface area contributed by atoms with Crippen LogP contribution in [-0.4, -0.2) is 34.9 Å². The molecule has 2 heterocycles. The van der Waals surface area contributed by atoms with Crippen molar-refractivity contribution in [3.8, 4) is 0 Å². The molecule has 8 heteroatoms. The van der Waals surface area contributed by atoms with E-state index in [0.717, 1.165) is 10.9 Å². The van der Waals surface area contributed by atoms with Crippen molar-refractivity contribution in [3.63, 3.8) is 0 Å². The molecule has 0 bridgehead atoms. The maximum Gasteiger partial charge on any atom is 0.343 e. The first kappa shape index (κ1) is 14.1. The topological polar surface area (TPSA) is 120 Å². The van der Waals surface area contributed by atoms with E-state index in [1.807, 2.05) is 18.2 Å². The van der Waals surface area contributed by atoms with Gasteiger partial charge in [0, 0.05) is 17.3 Å². The number of hydrogen-bond donors (Lipinski definition) is 4. The number of esters is 1. The van der Waals surface area contributed by atoms with Crippen LogP contribution in [0, 0.1) is 5.41 Å². The Morgan fingerprint density at radius 2 is 2.36 bits per heavy atom. The molecule has 0 saturated carbocycles. The number of anilines is 1. The number of nitrogens with one attached hydrogen (secondary N) is 3. The quantitative estimate of drug-likeness (QED) is 0.617. The zero-order chi connectivity index (χ0) is 15.7. The van der Waals surface area contributed by atoms with Crippen LogP contribution in [0.2, 0.25) is 0 Å². The zero-order valence-electron chi connectivity index (χ0n) is 12.0. The number of aromatic nitrogens is 2. The van der Waals surface area contributed by atoms with Crippen molar-refractivity contribution >= 4 is 28.4 Å². The Labute approximate surface area is 126 Å². The molecule has 0 amide bonds. The molecule has 1 aliphatic rings. The predicted octanol–water partition coefficient (Wildman–Crippen LogP) is 0.639. The SMILES string of the molecule is CCOC(=O)C1=CNC(N)N(c2ccc3cn[nH]c3c2)C1=N. The van der Waals surface area contributed by atoms with E-state index in [1.165, 1.54) is 11.1 Å². The summed E-state index contributed by atoms with van der Waals surface area (Å²) in [6.45, 7) is 1.96. The predicted molar refractivity (Wildman–Crippen MR) is 82.1 cm³/mol. The van der Waals surface area contributed by atoms with Crippen LogP contribution in [0.1, 0.15) is 6.92 Å². The molecule has 114 valence electrons. The monoisotopic (exact) mass is 300 g/mol. The van der Waals surface area contributed by atoms with Crippen molar-refractivity contribution in [1.82, 2.24) is 15.5 Å². The van der Waals surface area contributed by atoms with Gasteiger partial charge in [0.15, 0.2) is 6.29 Å². The number of aromatic amines is 1. The van der Waals surface area contributed by atoms with Crippen LogP contribution in [0.5, 0.6) is 0 Å². The molecule has 3 rings (SSSR count). The van der Waals surface area contributed by atoms with Gasteiger partial charge in [0.1, 0.15) is 11.4 Å². The van der Waals surface area contributed by atoms with Gasteiger partial charge in [-0.2, -0.15) is 5.10 Å². The van der Waals surface area contributed by atoms with Gasteiger partial charge in [0.2, 0.25) is 0 Å². The maximum absolute atomic E-state index is 11.9. The van der Waals surface area contributed by atoms with Crippen molar-refractivity contribution in [2.24, 2.45) is 5.73 Å². The summed E-state index contributed by atoms with van der Waals surface area (Å²) >= 11 is 0. The summed E-state index contributed by atoms with van der Waals surface area (Å²) < 4.78 is 4.96. The van der Waals surface area contributed by atoms with Gasteiger partial charge in [-0.15, -0.1) is 0 Å². The second-order valence-corrected chi connectivity index (χ2v) is 4.75. The van der Waals surface area contributed by atoms with Crippen LogP contribution in [0.3, 0.4) is 0 Å². The minimum atomic E-state index is -0.647. The smallest absolute Gasteiger partial charge is 0.343 e. The fourth-order valence-electron chi connectivity index (χ4n) is 2.31. The Kier molecular flexibility index (Phi) is 3.51. The molecular weight excluding hydrogens is 284 g/mol. The molecule has 1 atom stereocenters. The van der Waals surface area contributed by atoms with Gasteiger partial charge >= 0.3 is 5.97 Å². The highest BCUT2D eigenvalue weighted by molar-refractivity contribution is 6.24. The number of benzene rings is 1. The van der Waals surface area contributed by atoms with Gasteiger partial charge in [-0.3, -0.25) is 21.1 Å². The van der Waals surface area contributed by atoms with Crippen LogP contribution in [-0.2, 0) is 9.53 Å². The molecule has 5 N–H and O–H groups in total. The third-order valence-electron chi connectivity index (χ3n) is 3.37. The Hall–Kier alpha value is -2.87. The van der Waals surface area contributed by atoms with Crippen LogP contribution in [0.25, 0.3) is 10.9 Å². The highest BCUT2D eigenvalue weighted by Gasteiger charge is 2.30. The fraction of sp³-hybridized carbons (Fsp3) is 0.214. The van der Waals surface area contributed by atoms with Gasteiger partial charge in [-0.25, -0.2) is 4.79 Å². The van der Waals surface area contributed by atoms with Gasteiger partial charge in [-0.1, -0.05) is 0 Å². The van der Waals surface area contributed by atoms with Crippen molar-refractivity contribution < 1.29 is 9.53 Å². The minimum absolute atomic E-state index is 0.0106. The normalized spacial score (nSPS) is 18.1. The molecular formula is C14H16N6O2. The van der Waals surface area contributed by atoms with Crippen molar-refractivity contribution in [2.75, 3.05) is 11.5 Å². The molecule has 2 aromatic rings. The van der Waals surface area contributed by atoms with Crippen molar-refractivity contribution in [2.45, 2.75) is 13.2 Å². The van der Waals surface area contributed by atoms with E-state index in [-0.39, 0.29) is 18.0 Å². The number of ether oxygens (including phenoxy) is 1. The van der Waals surface area contributed by atoms with E-state index in [4.69, 9.17) is 15.9 Å². The summed E-state index contributed by atoms with van der Waals surface area (Å²) in [5.74, 6) is -0.567. The molecule has 22 heavy (non-hydrogen) atoms. The number of hydrogen-bond acceptors (Lipinski definition) is 6. The van der Waals surface area contributed by atoms with E-state index in [1.54, 1.807) is 13.1 Å². The van der Waals surface area contributed by atoms with Crippen molar-refractivity contribution in [1.29, 1.82) is 5.41 Å². The summed E-state index contributed by atoms with van der Waals surface area (Å²) in [6, 6.07) is 5.52. The zero-order valence-corrected chi connectivity index (χ0v) is 12.0. The van der Waals surface area contributed by atoms with Crippen LogP contribution in [0.4, 0.5) is 5.69 Å². The van der Waals surface area contributed by atoms with E-state index in [2.05, 4.69) is 15.5 Å². The lowest BCUT2D eigenvalue weighted by Crippen LogP contribution is -2.57. The number of fused-ring (bicyclic) bond motifs is 1. The molecule has 0 fully saturated rings. The Morgan fingerprint density at radius 3 is 3.14 bits per heavy atom. The fourth-order valence-corrected chi connectivity index (χ4v) is 2.31. The van der Waals surface area contributed by atoms with Crippen LogP contribution >= 0.6 is 0 Å². The summed E-state index contributed by atoms with van der Waals surface area (Å²) in [6.07, 6.45) is 2.48. The molecule has 8 nitrogen and oxygen atoms in total. The number of amidine groups is 1. The van der Waals surface area contributed by atoms with Crippen LogP contribution in [0.15, 0.2) is 36.2 Å². The average molecular weight is 300 g/mol. The van der Waals surface area contributed by atoms with E-state index in [9.17, 15) is 4.79 Å². The lowest BCUT2D eigenvalue weighted by atomic mass is 10.1. The molecule has 1 aromatic carbocycles. The van der Waals surface area contributed by atoms with Gasteiger partial charge in [-0.05, 0) is 25.1 Å². The number of carbonyl (C=O) groups excluding carboxylic acids is 1. The van der Waals surface area contributed by atoms with Crippen LogP contribution < -0.4 is 16.0 Å². The Morgan fingerprint density at radius 1 is 1.55 bits per heavy atom. The first-order valence-electron chi connectivity index (χ1n) is 6.82. The highest BCUT2D eigenvalue weighted by atomic mass is 16.5. The average Bonchev–Trinajstić information content (AvgIpc) is 2.95. The standard InChI is InChI=1S/C14H16N6O2/c1-2-22-13(21)10-7-17-14(16)20(12(10)15)9-4-3-8-6-18-19-11(8)5-9/h3-7,14-15,17H,2,16H2,1H3,(H,18,19). The molecule has 1 aromatic heterocycles. The first-order valence-corrected chi connectivity index (χ1v) is 6.82. The molecule has 0 radical (unpaired) electrons. The lowest BCUT2D eigenvalue weighted by Gasteiger charge is -2.35. The highest BCUT2D eigenvalue weighted by Crippen LogP contribution is 2.24. The molecule has 0 saturated heterocycles. The molecule has 1 unspecified atom stereocenters. The first-order chi connectivity index (χ1) is 10.6. The van der Waals surface area contributed by atoms with E-state index < -0.39 is 12.3 Å². The van der Waals surface area contributed by atoms with E-state index in [0.29, 0.717) is 5.69 Å². The second kappa shape index (κ2) is 5.49. The second-order valence-electron chi connectivity index (χ2n) is 4.75. The molecule has 1 aliphatic heterocycles. The summed E-state index contributed by atoms with van der Waals surface area (Å²) in [5.41, 5.74) is 7.64. The summed E-state index contributed by atoms with van der Waals surface area (Å²) in [7, 11) is 0. The summed E-state index contributed by atoms with van der Waals surface area (Å²) in [4.78, 5) is 13.4. The Balaban J connectivity index is 1.96. The van der Waals surface area contributed by atoms with Gasteiger partial charge in [0.25, 0.3) is 0 Å². The Bertz CT molecular complexity index is 766. The van der Waals surface area contributed by atoms with Crippen molar-refractivity contribution in [3.05, 3.63) is 36.2 Å². The summed E-state index contributed by atoms with van der Waals surface area (Å²) in [5, 5.41) is 18.9. The maximum atomic E-state index is 11.9. The largest absolute Gasteiger partial charge is 0.462 e. The molecule has 0 aliphatic carbocycles. The van der Waals surface area contributed by atoms with E-state index >= 15 is 0 Å². The molecule has 0 spiro atoms. The van der Waals surface area contributed by atoms with Gasteiger partial charge in [0.05, 0.1) is 18.3 Å². The number of H-pyrrole nitrogens is 1. The van der Waals surface area contributed by atoms with Gasteiger partial charge < -0.3 is 10.1 Å². The third-order valence-corrected chi connectivity index (χ3v) is 3.37. The minimum Gasteiger partial charge on any atom is -0.462 e. The third kappa shape index (κ3) is 2.29. The number of rotatable bonds is 3. The number of nitrogens with two attached hydrogens (primary N) is 1. The number of nitrogens with zero attached hydrogens (tertiary/aromatic N) is 2. The lowest BCUT2D eigenvalue weighted by molar-refractivity contribution is -0.137.